The van der Waals surface area contributed by atoms with Crippen molar-refractivity contribution in [2.75, 3.05) is 30.5 Å². The number of anilines is 1. The minimum atomic E-state index is -3.45. The van der Waals surface area contributed by atoms with E-state index < -0.39 is 21.6 Å². The van der Waals surface area contributed by atoms with E-state index in [1.807, 2.05) is 0 Å². The van der Waals surface area contributed by atoms with E-state index in [0.29, 0.717) is 11.4 Å². The van der Waals surface area contributed by atoms with Crippen LogP contribution < -0.4 is 10.5 Å². The van der Waals surface area contributed by atoms with Crippen molar-refractivity contribution >= 4 is 21.5 Å². The van der Waals surface area contributed by atoms with E-state index >= 15 is 0 Å². The second-order valence-electron chi connectivity index (χ2n) is 4.14. The quantitative estimate of drug-likeness (QED) is 0.437. The largest absolute Gasteiger partial charge is 0.491 e. The maximum absolute atomic E-state index is 11.6. The maximum atomic E-state index is 11.6. The molecule has 6 nitrogen and oxygen atoms in total. The predicted molar refractivity (Wildman–Crippen MR) is 76.3 cm³/mol. The first-order chi connectivity index (χ1) is 9.44. The minimum Gasteiger partial charge on any atom is -0.491 e. The second-order valence-corrected chi connectivity index (χ2v) is 6.32. The summed E-state index contributed by atoms with van der Waals surface area (Å²) in [6.07, 6.45) is 0.288. The van der Waals surface area contributed by atoms with Crippen LogP contribution in [0.2, 0.25) is 0 Å². The number of para-hydroxylation sites is 2. The zero-order chi connectivity index (χ0) is 15.0. The molecule has 0 amide bonds. The first kappa shape index (κ1) is 16.3. The average Bonchev–Trinajstić information content (AvgIpc) is 2.36. The second kappa shape index (κ2) is 7.74. The standard InChI is InChI=1S/C13H19NO5S/c1-2-18-13(15)10-20(16,17)9-5-8-19-12-7-4-3-6-11(12)14/h3-4,6-7H,2,5,8-10,14H2,1H3. The summed E-state index contributed by atoms with van der Waals surface area (Å²) in [5.41, 5.74) is 6.19. The molecule has 1 aromatic carbocycles. The Morgan fingerprint density at radius 2 is 2.00 bits per heavy atom. The lowest BCUT2D eigenvalue weighted by molar-refractivity contribution is -0.139. The molecule has 0 bridgehead atoms. The highest BCUT2D eigenvalue weighted by Crippen LogP contribution is 2.19. The molecule has 7 heteroatoms. The van der Waals surface area contributed by atoms with Crippen molar-refractivity contribution in [1.29, 1.82) is 0 Å². The minimum absolute atomic E-state index is 0.126. The summed E-state index contributed by atoms with van der Waals surface area (Å²) in [7, 11) is -3.45. The summed E-state index contributed by atoms with van der Waals surface area (Å²) in [6, 6.07) is 6.98. The molecule has 0 radical (unpaired) electrons. The van der Waals surface area contributed by atoms with Gasteiger partial charge in [0.2, 0.25) is 0 Å². The summed E-state index contributed by atoms with van der Waals surface area (Å²) in [4.78, 5) is 11.1. The third-order valence-corrected chi connectivity index (χ3v) is 4.01. The maximum Gasteiger partial charge on any atom is 0.321 e. The molecule has 0 saturated carbocycles. The molecule has 20 heavy (non-hydrogen) atoms. The molecule has 0 aliphatic carbocycles. The topological polar surface area (TPSA) is 95.7 Å². The number of rotatable bonds is 8. The Balaban J connectivity index is 2.33. The number of carbonyl (C=O) groups excluding carboxylic acids is 1. The summed E-state index contributed by atoms with van der Waals surface area (Å²) < 4.78 is 33.2. The summed E-state index contributed by atoms with van der Waals surface area (Å²) in [6.45, 7) is 2.02. The van der Waals surface area contributed by atoms with Crippen LogP contribution >= 0.6 is 0 Å². The van der Waals surface area contributed by atoms with Gasteiger partial charge in [-0.25, -0.2) is 8.42 Å². The van der Waals surface area contributed by atoms with Crippen LogP contribution in [0.15, 0.2) is 24.3 Å². The van der Waals surface area contributed by atoms with Gasteiger partial charge < -0.3 is 15.2 Å². The van der Waals surface area contributed by atoms with E-state index in [2.05, 4.69) is 4.74 Å². The molecule has 1 aromatic rings. The first-order valence-corrected chi connectivity index (χ1v) is 8.10. The molecular weight excluding hydrogens is 282 g/mol. The Kier molecular flexibility index (Phi) is 6.30. The number of ether oxygens (including phenoxy) is 2. The van der Waals surface area contributed by atoms with Crippen LogP contribution in [0.1, 0.15) is 13.3 Å². The predicted octanol–water partition coefficient (Wildman–Crippen LogP) is 1.02. The van der Waals surface area contributed by atoms with E-state index in [9.17, 15) is 13.2 Å². The highest BCUT2D eigenvalue weighted by molar-refractivity contribution is 7.92. The molecule has 0 atom stereocenters. The van der Waals surface area contributed by atoms with E-state index in [4.69, 9.17) is 10.5 Å². The highest BCUT2D eigenvalue weighted by Gasteiger charge is 2.17. The highest BCUT2D eigenvalue weighted by atomic mass is 32.2. The van der Waals surface area contributed by atoms with E-state index in [1.54, 1.807) is 31.2 Å². The number of sulfone groups is 1. The van der Waals surface area contributed by atoms with Gasteiger partial charge in [0.25, 0.3) is 0 Å². The average molecular weight is 301 g/mol. The van der Waals surface area contributed by atoms with Crippen LogP contribution in [0.5, 0.6) is 5.75 Å². The molecule has 0 unspecified atom stereocenters. The van der Waals surface area contributed by atoms with Crippen LogP contribution in [0.25, 0.3) is 0 Å². The molecule has 1 rings (SSSR count). The van der Waals surface area contributed by atoms with Crippen LogP contribution in [0, 0.1) is 0 Å². The van der Waals surface area contributed by atoms with Gasteiger partial charge in [0, 0.05) is 0 Å². The fraction of sp³-hybridized carbons (Fsp3) is 0.462. The van der Waals surface area contributed by atoms with Gasteiger partial charge in [-0.2, -0.15) is 0 Å². The zero-order valence-corrected chi connectivity index (χ0v) is 12.2. The molecule has 0 aromatic heterocycles. The number of hydrogen-bond donors (Lipinski definition) is 1. The lowest BCUT2D eigenvalue weighted by atomic mass is 10.3. The first-order valence-electron chi connectivity index (χ1n) is 6.28. The lowest BCUT2D eigenvalue weighted by Crippen LogP contribution is -2.22. The van der Waals surface area contributed by atoms with Crippen LogP contribution in [-0.2, 0) is 19.4 Å². The Bertz CT molecular complexity index is 541. The van der Waals surface area contributed by atoms with Crippen molar-refractivity contribution in [1.82, 2.24) is 0 Å². The van der Waals surface area contributed by atoms with Crippen molar-refractivity contribution in [3.63, 3.8) is 0 Å². The molecule has 0 aliphatic rings. The Labute approximate surface area is 118 Å². The van der Waals surface area contributed by atoms with Gasteiger partial charge in [0.15, 0.2) is 9.84 Å². The smallest absolute Gasteiger partial charge is 0.321 e. The fourth-order valence-electron chi connectivity index (χ4n) is 1.53. The van der Waals surface area contributed by atoms with E-state index in [-0.39, 0.29) is 25.4 Å². The lowest BCUT2D eigenvalue weighted by Gasteiger charge is -2.08. The van der Waals surface area contributed by atoms with Crippen LogP contribution in [0.4, 0.5) is 5.69 Å². The van der Waals surface area contributed by atoms with Gasteiger partial charge in [-0.05, 0) is 25.5 Å². The molecule has 0 spiro atoms. The molecule has 0 fully saturated rings. The number of benzene rings is 1. The normalized spacial score (nSPS) is 11.1. The monoisotopic (exact) mass is 301 g/mol. The Morgan fingerprint density at radius 3 is 2.65 bits per heavy atom. The van der Waals surface area contributed by atoms with E-state index in [1.165, 1.54) is 0 Å². The summed E-state index contributed by atoms with van der Waals surface area (Å²) in [5.74, 6) is -0.914. The summed E-state index contributed by atoms with van der Waals surface area (Å²) >= 11 is 0. The van der Waals surface area contributed by atoms with E-state index in [0.717, 1.165) is 0 Å². The van der Waals surface area contributed by atoms with Crippen LogP contribution in [0.3, 0.4) is 0 Å². The number of carbonyl (C=O) groups is 1. The zero-order valence-electron chi connectivity index (χ0n) is 11.4. The van der Waals surface area contributed by atoms with Gasteiger partial charge in [-0.1, -0.05) is 12.1 Å². The number of esters is 1. The number of nitrogen functional groups attached to an aromatic ring is 1. The molecule has 0 saturated heterocycles. The fourth-order valence-corrected chi connectivity index (χ4v) is 2.67. The Hall–Kier alpha value is -1.76. The van der Waals surface area contributed by atoms with Gasteiger partial charge in [0.1, 0.15) is 11.5 Å². The molecular formula is C13H19NO5S. The van der Waals surface area contributed by atoms with Gasteiger partial charge in [-0.15, -0.1) is 0 Å². The van der Waals surface area contributed by atoms with Crippen molar-refractivity contribution in [2.24, 2.45) is 0 Å². The number of hydrogen-bond acceptors (Lipinski definition) is 6. The van der Waals surface area contributed by atoms with Crippen molar-refractivity contribution in [3.05, 3.63) is 24.3 Å². The van der Waals surface area contributed by atoms with Crippen LogP contribution in [-0.4, -0.2) is 39.1 Å². The summed E-state index contributed by atoms with van der Waals surface area (Å²) in [5, 5.41) is 0. The number of nitrogens with two attached hydrogens (primary N) is 1. The third-order valence-electron chi connectivity index (χ3n) is 2.42. The van der Waals surface area contributed by atoms with Gasteiger partial charge >= 0.3 is 5.97 Å². The van der Waals surface area contributed by atoms with Gasteiger partial charge in [-0.3, -0.25) is 4.79 Å². The van der Waals surface area contributed by atoms with Crippen molar-refractivity contribution in [2.45, 2.75) is 13.3 Å². The molecule has 112 valence electrons. The molecule has 0 aliphatic heterocycles. The molecule has 0 heterocycles. The van der Waals surface area contributed by atoms with Crippen molar-refractivity contribution in [3.8, 4) is 5.75 Å². The van der Waals surface area contributed by atoms with Gasteiger partial charge in [0.05, 0.1) is 24.7 Å². The third kappa shape index (κ3) is 5.92. The van der Waals surface area contributed by atoms with Crippen molar-refractivity contribution < 1.29 is 22.7 Å². The Morgan fingerprint density at radius 1 is 1.30 bits per heavy atom. The SMILES string of the molecule is CCOC(=O)CS(=O)(=O)CCCOc1ccccc1N. The molecule has 2 N–H and O–H groups in total.